The Balaban J connectivity index is 1.82. The number of nitrogens with zero attached hydrogens (tertiary/aromatic N) is 6. The lowest BCUT2D eigenvalue weighted by molar-refractivity contribution is 0.0773. The smallest absolute Gasteiger partial charge is 0.293 e. The SMILES string of the molecule is Cc1cc(C)n2nc(C(=O)N(C)Cc3ccc(C#N)cc3)nc2n1. The van der Waals surface area contributed by atoms with Gasteiger partial charge in [-0.25, -0.2) is 9.50 Å². The van der Waals surface area contributed by atoms with Crippen molar-refractivity contribution in [3.8, 4) is 6.07 Å². The van der Waals surface area contributed by atoms with Crippen molar-refractivity contribution < 1.29 is 4.79 Å². The van der Waals surface area contributed by atoms with Crippen molar-refractivity contribution in [2.45, 2.75) is 20.4 Å². The van der Waals surface area contributed by atoms with E-state index in [0.717, 1.165) is 17.0 Å². The standard InChI is InChI=1S/C17H16N6O/c1-11-8-12(2)23-17(19-11)20-15(21-23)16(24)22(3)10-14-6-4-13(9-18)5-7-14/h4-8H,10H2,1-3H3. The number of amides is 1. The summed E-state index contributed by atoms with van der Waals surface area (Å²) in [7, 11) is 1.69. The van der Waals surface area contributed by atoms with Gasteiger partial charge in [0.05, 0.1) is 11.6 Å². The average molecular weight is 320 g/mol. The van der Waals surface area contributed by atoms with E-state index in [9.17, 15) is 4.79 Å². The number of hydrogen-bond donors (Lipinski definition) is 0. The summed E-state index contributed by atoms with van der Waals surface area (Å²) in [6.07, 6.45) is 0. The summed E-state index contributed by atoms with van der Waals surface area (Å²) in [4.78, 5) is 22.6. The van der Waals surface area contributed by atoms with Gasteiger partial charge in [-0.05, 0) is 37.6 Å². The molecule has 2 aromatic heterocycles. The maximum Gasteiger partial charge on any atom is 0.293 e. The van der Waals surface area contributed by atoms with Gasteiger partial charge >= 0.3 is 0 Å². The van der Waals surface area contributed by atoms with E-state index in [1.165, 1.54) is 0 Å². The Labute approximate surface area is 139 Å². The molecule has 2 heterocycles. The second-order valence-electron chi connectivity index (χ2n) is 5.66. The van der Waals surface area contributed by atoms with Gasteiger partial charge in [0.25, 0.3) is 11.7 Å². The first-order valence-electron chi connectivity index (χ1n) is 7.43. The van der Waals surface area contributed by atoms with Crippen LogP contribution in [0, 0.1) is 25.2 Å². The number of benzene rings is 1. The summed E-state index contributed by atoms with van der Waals surface area (Å²) in [5, 5.41) is 13.1. The van der Waals surface area contributed by atoms with E-state index in [2.05, 4.69) is 21.1 Å². The van der Waals surface area contributed by atoms with Crippen LogP contribution in [0.1, 0.15) is 33.1 Å². The molecule has 7 nitrogen and oxygen atoms in total. The number of nitriles is 1. The number of carbonyl (C=O) groups is 1. The maximum absolute atomic E-state index is 12.5. The van der Waals surface area contributed by atoms with E-state index in [1.807, 2.05) is 32.0 Å². The third-order valence-corrected chi connectivity index (χ3v) is 3.66. The van der Waals surface area contributed by atoms with Crippen LogP contribution in [0.2, 0.25) is 0 Å². The topological polar surface area (TPSA) is 87.2 Å². The molecule has 120 valence electrons. The molecule has 0 N–H and O–H groups in total. The first-order chi connectivity index (χ1) is 11.5. The number of hydrogen-bond acceptors (Lipinski definition) is 5. The molecule has 0 aliphatic heterocycles. The first kappa shape index (κ1) is 15.6. The third kappa shape index (κ3) is 2.94. The molecule has 3 rings (SSSR count). The molecule has 0 bridgehead atoms. The van der Waals surface area contributed by atoms with Crippen LogP contribution in [0.15, 0.2) is 30.3 Å². The van der Waals surface area contributed by atoms with Crippen molar-refractivity contribution in [2.24, 2.45) is 0 Å². The van der Waals surface area contributed by atoms with Crippen molar-refractivity contribution in [3.63, 3.8) is 0 Å². The molecule has 3 aromatic rings. The number of rotatable bonds is 3. The fraction of sp³-hybridized carbons (Fsp3) is 0.235. The second-order valence-corrected chi connectivity index (χ2v) is 5.66. The number of aryl methyl sites for hydroxylation is 2. The maximum atomic E-state index is 12.5. The van der Waals surface area contributed by atoms with Crippen LogP contribution in [0.5, 0.6) is 0 Å². The average Bonchev–Trinajstić information content (AvgIpc) is 2.99. The monoisotopic (exact) mass is 320 g/mol. The van der Waals surface area contributed by atoms with Gasteiger partial charge < -0.3 is 4.90 Å². The fourth-order valence-corrected chi connectivity index (χ4v) is 2.46. The van der Waals surface area contributed by atoms with E-state index in [-0.39, 0.29) is 11.7 Å². The lowest BCUT2D eigenvalue weighted by Gasteiger charge is -2.15. The van der Waals surface area contributed by atoms with Gasteiger partial charge in [0.2, 0.25) is 5.82 Å². The summed E-state index contributed by atoms with van der Waals surface area (Å²) in [5.74, 6) is 0.261. The number of fused-ring (bicyclic) bond motifs is 1. The van der Waals surface area contributed by atoms with E-state index in [1.54, 1.807) is 28.6 Å². The zero-order valence-electron chi connectivity index (χ0n) is 13.7. The first-order valence-corrected chi connectivity index (χ1v) is 7.43. The van der Waals surface area contributed by atoms with Gasteiger partial charge in [-0.3, -0.25) is 4.79 Å². The van der Waals surface area contributed by atoms with E-state index < -0.39 is 0 Å². The highest BCUT2D eigenvalue weighted by molar-refractivity contribution is 5.90. The summed E-state index contributed by atoms with van der Waals surface area (Å²) < 4.78 is 1.57. The second kappa shape index (κ2) is 6.08. The zero-order valence-corrected chi connectivity index (χ0v) is 13.7. The molecule has 0 saturated heterocycles. The molecule has 1 aromatic carbocycles. The quantitative estimate of drug-likeness (QED) is 0.735. The molecule has 7 heteroatoms. The highest BCUT2D eigenvalue weighted by atomic mass is 16.2. The Kier molecular flexibility index (Phi) is 3.96. The molecule has 1 amide bonds. The molecule has 0 aliphatic rings. The predicted molar refractivity (Wildman–Crippen MR) is 87.2 cm³/mol. The van der Waals surface area contributed by atoms with Gasteiger partial charge in [0.15, 0.2) is 0 Å². The van der Waals surface area contributed by atoms with Crippen LogP contribution in [-0.2, 0) is 6.54 Å². The van der Waals surface area contributed by atoms with Gasteiger partial charge in [-0.1, -0.05) is 12.1 Å². The van der Waals surface area contributed by atoms with Crippen LogP contribution in [0.4, 0.5) is 0 Å². The van der Waals surface area contributed by atoms with E-state index in [0.29, 0.717) is 17.9 Å². The summed E-state index contributed by atoms with van der Waals surface area (Å²) in [5.41, 5.74) is 3.22. The van der Waals surface area contributed by atoms with Gasteiger partial charge in [0, 0.05) is 25.0 Å². The highest BCUT2D eigenvalue weighted by Crippen LogP contribution is 2.10. The third-order valence-electron chi connectivity index (χ3n) is 3.66. The predicted octanol–water partition coefficient (Wildman–Crippen LogP) is 1.89. The van der Waals surface area contributed by atoms with Crippen molar-refractivity contribution in [3.05, 3.63) is 58.7 Å². The Morgan fingerprint density at radius 2 is 1.96 bits per heavy atom. The molecule has 0 fully saturated rings. The minimum Gasteiger partial charge on any atom is -0.335 e. The molecule has 0 aliphatic carbocycles. The van der Waals surface area contributed by atoms with E-state index in [4.69, 9.17) is 5.26 Å². The van der Waals surface area contributed by atoms with Crippen molar-refractivity contribution in [1.29, 1.82) is 5.26 Å². The minimum absolute atomic E-state index is 0.118. The summed E-state index contributed by atoms with van der Waals surface area (Å²) in [6, 6.07) is 11.1. The zero-order chi connectivity index (χ0) is 17.3. The van der Waals surface area contributed by atoms with Crippen LogP contribution < -0.4 is 0 Å². The van der Waals surface area contributed by atoms with Crippen LogP contribution in [0.3, 0.4) is 0 Å². The van der Waals surface area contributed by atoms with Crippen LogP contribution >= 0.6 is 0 Å². The van der Waals surface area contributed by atoms with Crippen molar-refractivity contribution in [2.75, 3.05) is 7.05 Å². The Morgan fingerprint density at radius 1 is 1.25 bits per heavy atom. The summed E-state index contributed by atoms with van der Waals surface area (Å²) in [6.45, 7) is 4.18. The van der Waals surface area contributed by atoms with E-state index >= 15 is 0 Å². The van der Waals surface area contributed by atoms with Gasteiger partial charge in [-0.15, -0.1) is 5.10 Å². The van der Waals surface area contributed by atoms with Crippen LogP contribution in [0.25, 0.3) is 5.78 Å². The van der Waals surface area contributed by atoms with Gasteiger partial charge in [-0.2, -0.15) is 10.2 Å². The molecular weight excluding hydrogens is 304 g/mol. The summed E-state index contributed by atoms with van der Waals surface area (Å²) >= 11 is 0. The Morgan fingerprint density at radius 3 is 2.62 bits per heavy atom. The Hall–Kier alpha value is -3.27. The molecular formula is C17H16N6O. The normalized spacial score (nSPS) is 10.6. The molecule has 0 unspecified atom stereocenters. The molecule has 0 spiro atoms. The largest absolute Gasteiger partial charge is 0.335 e. The highest BCUT2D eigenvalue weighted by Gasteiger charge is 2.19. The lowest BCUT2D eigenvalue weighted by Crippen LogP contribution is -2.27. The molecule has 0 atom stereocenters. The molecule has 0 saturated carbocycles. The Bertz CT molecular complexity index is 952. The molecule has 0 radical (unpaired) electrons. The minimum atomic E-state index is -0.276. The molecule has 24 heavy (non-hydrogen) atoms. The van der Waals surface area contributed by atoms with Gasteiger partial charge in [0.1, 0.15) is 0 Å². The fourth-order valence-electron chi connectivity index (χ4n) is 2.46. The van der Waals surface area contributed by atoms with Crippen LogP contribution in [-0.4, -0.2) is 37.4 Å². The van der Waals surface area contributed by atoms with Crippen molar-refractivity contribution >= 4 is 11.7 Å². The van der Waals surface area contributed by atoms with Crippen molar-refractivity contribution in [1.82, 2.24) is 24.5 Å². The number of aromatic nitrogens is 4. The number of carbonyl (C=O) groups excluding carboxylic acids is 1. The lowest BCUT2D eigenvalue weighted by atomic mass is 10.1.